The Hall–Kier alpha value is -2.50. The molecule has 3 heterocycles. The van der Waals surface area contributed by atoms with Crippen molar-refractivity contribution in [3.8, 4) is 0 Å². The zero-order chi connectivity index (χ0) is 17.2. The van der Waals surface area contributed by atoms with Gasteiger partial charge in [0, 0.05) is 50.6 Å². The van der Waals surface area contributed by atoms with Crippen molar-refractivity contribution in [3.63, 3.8) is 0 Å². The van der Waals surface area contributed by atoms with Crippen LogP contribution in [0.5, 0.6) is 0 Å². The van der Waals surface area contributed by atoms with Gasteiger partial charge in [-0.25, -0.2) is 15.0 Å². The number of likely N-dealkylation sites (tertiary alicyclic amines) is 1. The van der Waals surface area contributed by atoms with E-state index in [0.29, 0.717) is 17.4 Å². The van der Waals surface area contributed by atoms with E-state index in [0.717, 1.165) is 37.6 Å². The molecule has 0 spiro atoms. The molecule has 2 aromatic heterocycles. The number of rotatable bonds is 4. The molecular formula is C19H23N5O. The van der Waals surface area contributed by atoms with Gasteiger partial charge >= 0.3 is 0 Å². The molecule has 1 amide bonds. The molecule has 1 atom stereocenters. The van der Waals surface area contributed by atoms with Crippen molar-refractivity contribution in [3.05, 3.63) is 47.7 Å². The maximum absolute atomic E-state index is 12.8. The van der Waals surface area contributed by atoms with Crippen LogP contribution in [0.25, 0.3) is 0 Å². The molecule has 1 aliphatic heterocycles. The highest BCUT2D eigenvalue weighted by Gasteiger charge is 2.28. The van der Waals surface area contributed by atoms with Crippen LogP contribution in [0.15, 0.2) is 30.7 Å². The number of carbonyl (C=O) groups excluding carboxylic acids is 1. The number of carbonyl (C=O) groups is 1. The normalized spacial score (nSPS) is 20.4. The molecule has 2 aromatic rings. The predicted molar refractivity (Wildman–Crippen MR) is 95.7 cm³/mol. The monoisotopic (exact) mass is 337 g/mol. The van der Waals surface area contributed by atoms with Crippen molar-refractivity contribution in [2.24, 2.45) is 0 Å². The fourth-order valence-electron chi connectivity index (χ4n) is 3.45. The van der Waals surface area contributed by atoms with Crippen molar-refractivity contribution in [2.75, 3.05) is 25.5 Å². The molecule has 2 fully saturated rings. The largest absolute Gasteiger partial charge is 0.373 e. The van der Waals surface area contributed by atoms with Crippen LogP contribution < -0.4 is 5.32 Å². The van der Waals surface area contributed by atoms with Crippen molar-refractivity contribution in [1.29, 1.82) is 0 Å². The number of nitrogens with one attached hydrogen (secondary N) is 1. The summed E-state index contributed by atoms with van der Waals surface area (Å²) in [6.07, 6.45) is 9.65. The van der Waals surface area contributed by atoms with Crippen LogP contribution in [0.2, 0.25) is 0 Å². The lowest BCUT2D eigenvalue weighted by atomic mass is 9.91. The molecule has 0 bridgehead atoms. The second-order valence-corrected chi connectivity index (χ2v) is 6.92. The third-order valence-electron chi connectivity index (χ3n) is 5.08. The molecule has 25 heavy (non-hydrogen) atoms. The van der Waals surface area contributed by atoms with Gasteiger partial charge in [-0.2, -0.15) is 0 Å². The van der Waals surface area contributed by atoms with E-state index >= 15 is 0 Å². The second-order valence-electron chi connectivity index (χ2n) is 6.92. The first-order valence-corrected chi connectivity index (χ1v) is 8.99. The average molecular weight is 337 g/mol. The fourth-order valence-corrected chi connectivity index (χ4v) is 3.45. The Labute approximate surface area is 147 Å². The van der Waals surface area contributed by atoms with E-state index in [4.69, 9.17) is 0 Å². The molecule has 0 aromatic carbocycles. The van der Waals surface area contributed by atoms with Gasteiger partial charge in [0.1, 0.15) is 11.6 Å². The molecule has 6 heteroatoms. The fraction of sp³-hybridized carbons (Fsp3) is 0.474. The minimum Gasteiger partial charge on any atom is -0.373 e. The van der Waals surface area contributed by atoms with Crippen molar-refractivity contribution >= 4 is 11.7 Å². The van der Waals surface area contributed by atoms with Crippen LogP contribution in [0, 0.1) is 0 Å². The Morgan fingerprint density at radius 1 is 1.16 bits per heavy atom. The van der Waals surface area contributed by atoms with Crippen molar-refractivity contribution in [2.45, 2.75) is 37.5 Å². The molecule has 4 rings (SSSR count). The second kappa shape index (κ2) is 6.78. The highest BCUT2D eigenvalue weighted by atomic mass is 16.2. The summed E-state index contributed by atoms with van der Waals surface area (Å²) >= 11 is 0. The summed E-state index contributed by atoms with van der Waals surface area (Å²) in [6.45, 7) is 1.53. The minimum absolute atomic E-state index is 0.0370. The van der Waals surface area contributed by atoms with Crippen LogP contribution in [-0.2, 0) is 0 Å². The molecule has 0 radical (unpaired) electrons. The Morgan fingerprint density at radius 3 is 2.68 bits per heavy atom. The number of hydrogen-bond acceptors (Lipinski definition) is 5. The van der Waals surface area contributed by atoms with Gasteiger partial charge in [-0.05, 0) is 43.4 Å². The maximum Gasteiger partial charge on any atom is 0.257 e. The van der Waals surface area contributed by atoms with Crippen molar-refractivity contribution < 1.29 is 4.79 Å². The number of piperidine rings is 1. The minimum atomic E-state index is 0.0370. The topological polar surface area (TPSA) is 71.0 Å². The molecule has 1 saturated heterocycles. The summed E-state index contributed by atoms with van der Waals surface area (Å²) in [6, 6.07) is 4.12. The molecular weight excluding hydrogens is 314 g/mol. The summed E-state index contributed by atoms with van der Waals surface area (Å²) in [5.74, 6) is 2.64. The van der Waals surface area contributed by atoms with E-state index < -0.39 is 0 Å². The van der Waals surface area contributed by atoms with Crippen LogP contribution in [0.3, 0.4) is 0 Å². The van der Waals surface area contributed by atoms with Gasteiger partial charge in [0.25, 0.3) is 5.91 Å². The van der Waals surface area contributed by atoms with E-state index in [1.54, 1.807) is 12.4 Å². The molecule has 6 nitrogen and oxygen atoms in total. The van der Waals surface area contributed by atoms with Crippen molar-refractivity contribution in [1.82, 2.24) is 19.9 Å². The summed E-state index contributed by atoms with van der Waals surface area (Å²) in [5.41, 5.74) is 1.83. The zero-order valence-corrected chi connectivity index (χ0v) is 14.5. The Bertz CT molecular complexity index is 757. The molecule has 1 aliphatic carbocycles. The lowest BCUT2D eigenvalue weighted by Gasteiger charge is -2.33. The summed E-state index contributed by atoms with van der Waals surface area (Å²) in [4.78, 5) is 27.8. The number of amides is 1. The maximum atomic E-state index is 12.8. The quantitative estimate of drug-likeness (QED) is 0.929. The number of aromatic nitrogens is 3. The van der Waals surface area contributed by atoms with Gasteiger partial charge in [-0.3, -0.25) is 4.79 Å². The van der Waals surface area contributed by atoms with E-state index in [1.165, 1.54) is 18.4 Å². The van der Waals surface area contributed by atoms with E-state index in [9.17, 15) is 4.79 Å². The highest BCUT2D eigenvalue weighted by Crippen LogP contribution is 2.37. The van der Waals surface area contributed by atoms with Crippen LogP contribution >= 0.6 is 0 Å². The van der Waals surface area contributed by atoms with E-state index in [1.807, 2.05) is 24.2 Å². The Balaban J connectivity index is 1.47. The zero-order valence-electron chi connectivity index (χ0n) is 14.5. The molecule has 0 unspecified atom stereocenters. The lowest BCUT2D eigenvalue weighted by molar-refractivity contribution is 0.0706. The van der Waals surface area contributed by atoms with Crippen LogP contribution in [-0.4, -0.2) is 45.9 Å². The van der Waals surface area contributed by atoms with Gasteiger partial charge < -0.3 is 10.2 Å². The summed E-state index contributed by atoms with van der Waals surface area (Å²) in [5, 5.41) is 3.08. The standard InChI is InChI=1S/C19H23N5O/c1-20-17-9-14(6-7-21-17)15-3-2-8-24(12-15)19(25)16-10-22-18(23-11-16)13-4-5-13/h6-7,9-11,13,15H,2-5,8,12H2,1H3,(H,20,21)/t15-/m0/s1. The van der Waals surface area contributed by atoms with Gasteiger partial charge in [0.05, 0.1) is 5.56 Å². The first kappa shape index (κ1) is 16.0. The van der Waals surface area contributed by atoms with E-state index in [2.05, 4.69) is 26.3 Å². The van der Waals surface area contributed by atoms with Gasteiger partial charge in [-0.15, -0.1) is 0 Å². The number of hydrogen-bond donors (Lipinski definition) is 1. The highest BCUT2D eigenvalue weighted by molar-refractivity contribution is 5.93. The lowest BCUT2D eigenvalue weighted by Crippen LogP contribution is -2.39. The number of anilines is 1. The summed E-state index contributed by atoms with van der Waals surface area (Å²) < 4.78 is 0. The Kier molecular flexibility index (Phi) is 4.34. The van der Waals surface area contributed by atoms with Gasteiger partial charge in [-0.1, -0.05) is 0 Å². The third-order valence-corrected chi connectivity index (χ3v) is 5.08. The average Bonchev–Trinajstić information content (AvgIpc) is 3.53. The Morgan fingerprint density at radius 2 is 1.96 bits per heavy atom. The molecule has 130 valence electrons. The van der Waals surface area contributed by atoms with Gasteiger partial charge in [0.2, 0.25) is 0 Å². The molecule has 1 N–H and O–H groups in total. The third kappa shape index (κ3) is 3.48. The SMILES string of the molecule is CNc1cc([C@H]2CCCN(C(=O)c3cnc(C4CC4)nc3)C2)ccn1. The number of nitrogens with zero attached hydrogens (tertiary/aromatic N) is 4. The molecule has 2 aliphatic rings. The van der Waals surface area contributed by atoms with Crippen LogP contribution in [0.1, 0.15) is 59.3 Å². The summed E-state index contributed by atoms with van der Waals surface area (Å²) in [7, 11) is 1.87. The first-order chi connectivity index (χ1) is 12.2. The first-order valence-electron chi connectivity index (χ1n) is 8.99. The number of pyridine rings is 1. The smallest absolute Gasteiger partial charge is 0.257 e. The van der Waals surface area contributed by atoms with Gasteiger partial charge in [0.15, 0.2) is 0 Å². The predicted octanol–water partition coefficient (Wildman–Crippen LogP) is 2.81. The van der Waals surface area contributed by atoms with Crippen LogP contribution in [0.4, 0.5) is 5.82 Å². The van der Waals surface area contributed by atoms with E-state index in [-0.39, 0.29) is 5.91 Å². The molecule has 1 saturated carbocycles.